The Hall–Kier alpha value is -1.20. The van der Waals surface area contributed by atoms with E-state index in [2.05, 4.69) is 32.8 Å². The molecule has 84 valence electrons. The van der Waals surface area contributed by atoms with Crippen LogP contribution < -0.4 is 5.73 Å². The monoisotopic (exact) mass is 280 g/mol. The summed E-state index contributed by atoms with van der Waals surface area (Å²) in [6.45, 7) is 2.05. The average molecular weight is 281 g/mol. The van der Waals surface area contributed by atoms with E-state index in [1.165, 1.54) is 0 Å². The Kier molecular flexibility index (Phi) is 3.36. The molecule has 0 fully saturated rings. The molecule has 0 aliphatic rings. The SMILES string of the molecule is CC[C@@H](N)c1cncn1-c1ccc(Br)cn1. The first-order valence-electron chi connectivity index (χ1n) is 5.12. The second-order valence-electron chi connectivity index (χ2n) is 3.54. The molecule has 2 heterocycles. The van der Waals surface area contributed by atoms with Crippen LogP contribution in [0.15, 0.2) is 35.3 Å². The van der Waals surface area contributed by atoms with Crippen LogP contribution in [0.25, 0.3) is 5.82 Å². The van der Waals surface area contributed by atoms with Crippen molar-refractivity contribution in [2.75, 3.05) is 0 Å². The van der Waals surface area contributed by atoms with Crippen LogP contribution in [-0.2, 0) is 0 Å². The molecule has 0 bridgehead atoms. The van der Waals surface area contributed by atoms with Crippen LogP contribution in [0.2, 0.25) is 0 Å². The van der Waals surface area contributed by atoms with Crippen LogP contribution in [0.3, 0.4) is 0 Å². The van der Waals surface area contributed by atoms with Gasteiger partial charge >= 0.3 is 0 Å². The van der Waals surface area contributed by atoms with E-state index in [0.717, 1.165) is 22.4 Å². The molecule has 2 rings (SSSR count). The summed E-state index contributed by atoms with van der Waals surface area (Å²) in [6, 6.07) is 3.87. The summed E-state index contributed by atoms with van der Waals surface area (Å²) in [4.78, 5) is 8.44. The molecule has 0 amide bonds. The van der Waals surface area contributed by atoms with E-state index in [1.54, 1.807) is 18.7 Å². The van der Waals surface area contributed by atoms with Crippen molar-refractivity contribution in [3.63, 3.8) is 0 Å². The zero-order valence-electron chi connectivity index (χ0n) is 8.97. The standard InChI is InChI=1S/C11H13BrN4/c1-2-9(13)10-6-14-7-16(10)11-4-3-8(12)5-15-11/h3-7,9H,2,13H2,1H3/t9-/m1/s1. The molecule has 5 heteroatoms. The lowest BCUT2D eigenvalue weighted by atomic mass is 10.2. The number of pyridine rings is 1. The summed E-state index contributed by atoms with van der Waals surface area (Å²) in [7, 11) is 0. The third-order valence-electron chi connectivity index (χ3n) is 2.45. The van der Waals surface area contributed by atoms with Crippen molar-refractivity contribution >= 4 is 15.9 Å². The first kappa shape index (κ1) is 11.3. The lowest BCUT2D eigenvalue weighted by Gasteiger charge is -2.11. The maximum Gasteiger partial charge on any atom is 0.138 e. The minimum atomic E-state index is -0.00653. The number of hydrogen-bond acceptors (Lipinski definition) is 3. The van der Waals surface area contributed by atoms with Gasteiger partial charge in [0.25, 0.3) is 0 Å². The lowest BCUT2D eigenvalue weighted by molar-refractivity contribution is 0.656. The first-order chi connectivity index (χ1) is 7.72. The highest BCUT2D eigenvalue weighted by Crippen LogP contribution is 2.18. The van der Waals surface area contributed by atoms with Crippen LogP contribution in [0.4, 0.5) is 0 Å². The predicted octanol–water partition coefficient (Wildman–Crippen LogP) is 2.44. The molecule has 16 heavy (non-hydrogen) atoms. The van der Waals surface area contributed by atoms with E-state index in [0.29, 0.717) is 0 Å². The molecule has 2 aromatic heterocycles. The molecule has 0 aliphatic carbocycles. The minimum absolute atomic E-state index is 0.00653. The number of aromatic nitrogens is 3. The van der Waals surface area contributed by atoms with Crippen LogP contribution >= 0.6 is 15.9 Å². The van der Waals surface area contributed by atoms with E-state index in [1.807, 2.05) is 16.7 Å². The van der Waals surface area contributed by atoms with Crippen molar-refractivity contribution in [2.45, 2.75) is 19.4 Å². The number of rotatable bonds is 3. The van der Waals surface area contributed by atoms with Gasteiger partial charge in [0.1, 0.15) is 12.1 Å². The Labute approximate surface area is 103 Å². The van der Waals surface area contributed by atoms with Gasteiger partial charge in [-0.1, -0.05) is 6.92 Å². The number of hydrogen-bond donors (Lipinski definition) is 1. The quantitative estimate of drug-likeness (QED) is 0.940. The van der Waals surface area contributed by atoms with Gasteiger partial charge in [-0.05, 0) is 34.5 Å². The molecule has 0 aliphatic heterocycles. The number of imidazole rings is 1. The Bertz CT molecular complexity index is 463. The second kappa shape index (κ2) is 4.76. The van der Waals surface area contributed by atoms with E-state index < -0.39 is 0 Å². The summed E-state index contributed by atoms with van der Waals surface area (Å²) >= 11 is 3.36. The summed E-state index contributed by atoms with van der Waals surface area (Å²) in [6.07, 6.45) is 6.16. The van der Waals surface area contributed by atoms with Crippen molar-refractivity contribution in [1.29, 1.82) is 0 Å². The van der Waals surface area contributed by atoms with Crippen LogP contribution in [0, 0.1) is 0 Å². The van der Waals surface area contributed by atoms with Crippen LogP contribution in [0.5, 0.6) is 0 Å². The average Bonchev–Trinajstić information content (AvgIpc) is 2.78. The van der Waals surface area contributed by atoms with Gasteiger partial charge < -0.3 is 5.73 Å². The van der Waals surface area contributed by atoms with Gasteiger partial charge in [-0.25, -0.2) is 9.97 Å². The Morgan fingerprint density at radius 2 is 2.25 bits per heavy atom. The first-order valence-corrected chi connectivity index (χ1v) is 5.91. The maximum absolute atomic E-state index is 6.01. The predicted molar refractivity (Wildman–Crippen MR) is 66.3 cm³/mol. The Morgan fingerprint density at radius 3 is 2.88 bits per heavy atom. The number of nitrogens with zero attached hydrogens (tertiary/aromatic N) is 3. The highest BCUT2D eigenvalue weighted by atomic mass is 79.9. The van der Waals surface area contributed by atoms with E-state index in [9.17, 15) is 0 Å². The highest BCUT2D eigenvalue weighted by Gasteiger charge is 2.11. The summed E-state index contributed by atoms with van der Waals surface area (Å²) in [5, 5.41) is 0. The molecular formula is C11H13BrN4. The van der Waals surface area contributed by atoms with Crippen molar-refractivity contribution in [2.24, 2.45) is 5.73 Å². The van der Waals surface area contributed by atoms with E-state index in [4.69, 9.17) is 5.73 Å². The normalized spacial score (nSPS) is 12.7. The fourth-order valence-electron chi connectivity index (χ4n) is 1.49. The van der Waals surface area contributed by atoms with Crippen molar-refractivity contribution in [3.05, 3.63) is 41.0 Å². The Balaban J connectivity index is 2.40. The van der Waals surface area contributed by atoms with Crippen molar-refractivity contribution in [1.82, 2.24) is 14.5 Å². The molecule has 4 nitrogen and oxygen atoms in total. The molecule has 0 spiro atoms. The molecule has 1 atom stereocenters. The summed E-state index contributed by atoms with van der Waals surface area (Å²) in [5.41, 5.74) is 6.99. The molecule has 0 unspecified atom stereocenters. The van der Waals surface area contributed by atoms with E-state index >= 15 is 0 Å². The van der Waals surface area contributed by atoms with Gasteiger partial charge in [-0.3, -0.25) is 4.57 Å². The van der Waals surface area contributed by atoms with Gasteiger partial charge in [0.05, 0.1) is 11.9 Å². The molecule has 0 radical (unpaired) electrons. The molecule has 0 saturated heterocycles. The largest absolute Gasteiger partial charge is 0.323 e. The van der Waals surface area contributed by atoms with Gasteiger partial charge in [0.15, 0.2) is 0 Å². The third-order valence-corrected chi connectivity index (χ3v) is 2.91. The van der Waals surface area contributed by atoms with Crippen LogP contribution in [-0.4, -0.2) is 14.5 Å². The Morgan fingerprint density at radius 1 is 1.44 bits per heavy atom. The zero-order chi connectivity index (χ0) is 11.5. The van der Waals surface area contributed by atoms with Crippen LogP contribution in [0.1, 0.15) is 25.1 Å². The number of nitrogens with two attached hydrogens (primary N) is 1. The summed E-state index contributed by atoms with van der Waals surface area (Å²) < 4.78 is 2.87. The minimum Gasteiger partial charge on any atom is -0.323 e. The number of halogens is 1. The van der Waals surface area contributed by atoms with Gasteiger partial charge in [0, 0.05) is 16.7 Å². The third kappa shape index (κ3) is 2.15. The van der Waals surface area contributed by atoms with Gasteiger partial charge in [0.2, 0.25) is 0 Å². The van der Waals surface area contributed by atoms with E-state index in [-0.39, 0.29) is 6.04 Å². The molecule has 0 saturated carbocycles. The molecule has 2 N–H and O–H groups in total. The highest BCUT2D eigenvalue weighted by molar-refractivity contribution is 9.10. The molecule has 0 aromatic carbocycles. The fourth-order valence-corrected chi connectivity index (χ4v) is 1.73. The lowest BCUT2D eigenvalue weighted by Crippen LogP contribution is -2.13. The topological polar surface area (TPSA) is 56.7 Å². The van der Waals surface area contributed by atoms with Gasteiger partial charge in [-0.2, -0.15) is 0 Å². The summed E-state index contributed by atoms with van der Waals surface area (Å²) in [5.74, 6) is 0.833. The van der Waals surface area contributed by atoms with Crippen molar-refractivity contribution in [3.8, 4) is 5.82 Å². The zero-order valence-corrected chi connectivity index (χ0v) is 10.6. The molecule has 2 aromatic rings. The molecular weight excluding hydrogens is 268 g/mol. The smallest absolute Gasteiger partial charge is 0.138 e. The van der Waals surface area contributed by atoms with Gasteiger partial charge in [-0.15, -0.1) is 0 Å². The second-order valence-corrected chi connectivity index (χ2v) is 4.45. The fraction of sp³-hybridized carbons (Fsp3) is 0.273. The van der Waals surface area contributed by atoms with Crippen molar-refractivity contribution < 1.29 is 0 Å². The maximum atomic E-state index is 6.01.